The zero-order valence-corrected chi connectivity index (χ0v) is 18.5. The Labute approximate surface area is 183 Å². The van der Waals surface area contributed by atoms with E-state index < -0.39 is 0 Å². The third-order valence-electron chi connectivity index (χ3n) is 6.13. The first-order chi connectivity index (χ1) is 15.0. The number of benzene rings is 1. The number of hydrogen-bond acceptors (Lipinski definition) is 6. The quantitative estimate of drug-likeness (QED) is 0.759. The van der Waals surface area contributed by atoms with E-state index in [0.29, 0.717) is 24.5 Å². The van der Waals surface area contributed by atoms with Crippen LogP contribution in [0.15, 0.2) is 42.3 Å². The molecule has 1 unspecified atom stereocenters. The summed E-state index contributed by atoms with van der Waals surface area (Å²) < 4.78 is 0. The van der Waals surface area contributed by atoms with Crippen LogP contribution in [0.1, 0.15) is 44.4 Å². The molecule has 1 aliphatic heterocycles. The molecule has 1 fully saturated rings. The highest BCUT2D eigenvalue weighted by atomic mass is 16.3. The maximum Gasteiger partial charge on any atom is 0.227 e. The molecule has 2 aliphatic rings. The molecule has 7 heteroatoms. The predicted octanol–water partition coefficient (Wildman–Crippen LogP) is 4.02. The van der Waals surface area contributed by atoms with Crippen LogP contribution in [0, 0.1) is 5.92 Å². The molecule has 0 bridgehead atoms. The number of nitrogens with one attached hydrogen (secondary N) is 1. The Kier molecular flexibility index (Phi) is 6.11. The zero-order chi connectivity index (χ0) is 22.0. The average Bonchev–Trinajstić information content (AvgIpc) is 2.78. The summed E-state index contributed by atoms with van der Waals surface area (Å²) in [7, 11) is 0. The Balaban J connectivity index is 1.43. The molecular formula is C24H31N5O2. The number of hydrogen-bond donors (Lipinski definition) is 2. The number of anilines is 3. The van der Waals surface area contributed by atoms with E-state index in [0.717, 1.165) is 48.8 Å². The van der Waals surface area contributed by atoms with E-state index in [9.17, 15) is 9.90 Å². The molecule has 164 valence electrons. The van der Waals surface area contributed by atoms with Crippen LogP contribution in [0.25, 0.3) is 0 Å². The molecular weight excluding hydrogens is 390 g/mol. The van der Waals surface area contributed by atoms with Gasteiger partial charge in [0.15, 0.2) is 0 Å². The van der Waals surface area contributed by atoms with Crippen molar-refractivity contribution in [2.45, 2.75) is 39.5 Å². The lowest BCUT2D eigenvalue weighted by molar-refractivity contribution is -0.131. The Morgan fingerprint density at radius 3 is 2.55 bits per heavy atom. The third kappa shape index (κ3) is 4.50. The van der Waals surface area contributed by atoms with Crippen molar-refractivity contribution in [1.82, 2.24) is 14.9 Å². The first-order valence-corrected chi connectivity index (χ1v) is 11.1. The molecule has 1 aromatic carbocycles. The number of carbonyl (C=O) groups excluding carboxylic acids is 1. The molecule has 1 amide bonds. The Morgan fingerprint density at radius 1 is 1.19 bits per heavy atom. The fraction of sp³-hybridized carbons (Fsp3) is 0.458. The fourth-order valence-electron chi connectivity index (χ4n) is 4.37. The van der Waals surface area contributed by atoms with Gasteiger partial charge in [0.2, 0.25) is 11.9 Å². The smallest absolute Gasteiger partial charge is 0.227 e. The van der Waals surface area contributed by atoms with Crippen LogP contribution in [0.5, 0.6) is 0 Å². The summed E-state index contributed by atoms with van der Waals surface area (Å²) in [5.41, 5.74) is 4.04. The standard InChI is InChI=1S/C24H31N5O2/c1-4-21(31)29-13-11-28(12-14-29)19-8-6-18(7-9-19)26-24-25-15-17-5-10-20(30)22(16(2)3)23(17)27-24/h6-10,15-16,22,30H,4-5,11-14H2,1-3H3,(H,25,26,27). The molecule has 0 spiro atoms. The average molecular weight is 422 g/mol. The summed E-state index contributed by atoms with van der Waals surface area (Å²) in [4.78, 5) is 25.3. The summed E-state index contributed by atoms with van der Waals surface area (Å²) in [6.45, 7) is 9.34. The topological polar surface area (TPSA) is 81.6 Å². The van der Waals surface area contributed by atoms with Crippen LogP contribution in [0.4, 0.5) is 17.3 Å². The third-order valence-corrected chi connectivity index (χ3v) is 6.13. The molecule has 2 N–H and O–H groups in total. The van der Waals surface area contributed by atoms with Gasteiger partial charge in [-0.3, -0.25) is 4.79 Å². The van der Waals surface area contributed by atoms with E-state index in [1.165, 1.54) is 0 Å². The molecule has 1 aromatic heterocycles. The second-order valence-electron chi connectivity index (χ2n) is 8.55. The fourth-order valence-corrected chi connectivity index (χ4v) is 4.37. The van der Waals surface area contributed by atoms with Gasteiger partial charge in [0.05, 0.1) is 17.4 Å². The van der Waals surface area contributed by atoms with E-state index in [4.69, 9.17) is 4.98 Å². The van der Waals surface area contributed by atoms with Gasteiger partial charge in [0.1, 0.15) is 0 Å². The van der Waals surface area contributed by atoms with Gasteiger partial charge in [0, 0.05) is 50.2 Å². The highest BCUT2D eigenvalue weighted by Crippen LogP contribution is 2.35. The molecule has 1 atom stereocenters. The normalized spacial score (nSPS) is 18.6. The lowest BCUT2D eigenvalue weighted by Crippen LogP contribution is -2.48. The molecule has 4 rings (SSSR count). The zero-order valence-electron chi connectivity index (χ0n) is 18.5. The van der Waals surface area contributed by atoms with Crippen LogP contribution in [-0.4, -0.2) is 52.1 Å². The van der Waals surface area contributed by atoms with E-state index in [1.54, 1.807) is 0 Å². The van der Waals surface area contributed by atoms with Crippen molar-refractivity contribution in [3.05, 3.63) is 53.6 Å². The van der Waals surface area contributed by atoms with E-state index >= 15 is 0 Å². The number of amides is 1. The van der Waals surface area contributed by atoms with Crippen molar-refractivity contribution in [3.63, 3.8) is 0 Å². The lowest BCUT2D eigenvalue weighted by Gasteiger charge is -2.36. The number of aliphatic hydroxyl groups is 1. The van der Waals surface area contributed by atoms with Crippen LogP contribution in [0.3, 0.4) is 0 Å². The number of nitrogens with zero attached hydrogens (tertiary/aromatic N) is 4. The number of piperazine rings is 1. The number of aliphatic hydroxyl groups excluding tert-OH is 1. The summed E-state index contributed by atoms with van der Waals surface area (Å²) in [5.74, 6) is 1.34. The number of aromatic nitrogens is 2. The van der Waals surface area contributed by atoms with Crippen molar-refractivity contribution in [1.29, 1.82) is 0 Å². The maximum atomic E-state index is 11.9. The van der Waals surface area contributed by atoms with Gasteiger partial charge in [0.25, 0.3) is 0 Å². The molecule has 7 nitrogen and oxygen atoms in total. The van der Waals surface area contributed by atoms with Crippen LogP contribution < -0.4 is 10.2 Å². The Hall–Kier alpha value is -3.09. The first kappa shape index (κ1) is 21.2. The van der Waals surface area contributed by atoms with Gasteiger partial charge in [-0.05, 0) is 48.2 Å². The van der Waals surface area contributed by atoms with Gasteiger partial charge in [-0.2, -0.15) is 0 Å². The Morgan fingerprint density at radius 2 is 1.90 bits per heavy atom. The van der Waals surface area contributed by atoms with Crippen molar-refractivity contribution in [3.8, 4) is 0 Å². The van der Waals surface area contributed by atoms with Crippen LogP contribution in [0.2, 0.25) is 0 Å². The highest BCUT2D eigenvalue weighted by molar-refractivity contribution is 5.76. The van der Waals surface area contributed by atoms with Gasteiger partial charge in [-0.15, -0.1) is 0 Å². The molecule has 2 heterocycles. The van der Waals surface area contributed by atoms with E-state index in [2.05, 4.69) is 41.2 Å². The van der Waals surface area contributed by atoms with Gasteiger partial charge in [-0.25, -0.2) is 9.97 Å². The van der Waals surface area contributed by atoms with Crippen LogP contribution in [-0.2, 0) is 11.2 Å². The number of allylic oxidation sites excluding steroid dienone is 2. The van der Waals surface area contributed by atoms with Crippen molar-refractivity contribution in [2.24, 2.45) is 5.92 Å². The number of fused-ring (bicyclic) bond motifs is 1. The molecule has 1 aliphatic carbocycles. The minimum absolute atomic E-state index is 0.0899. The van der Waals surface area contributed by atoms with Crippen molar-refractivity contribution >= 4 is 23.2 Å². The van der Waals surface area contributed by atoms with Gasteiger partial charge >= 0.3 is 0 Å². The summed E-state index contributed by atoms with van der Waals surface area (Å²) in [6.07, 6.45) is 4.95. The van der Waals surface area contributed by atoms with Crippen LogP contribution >= 0.6 is 0 Å². The monoisotopic (exact) mass is 421 g/mol. The van der Waals surface area contributed by atoms with Crippen molar-refractivity contribution < 1.29 is 9.90 Å². The highest BCUT2D eigenvalue weighted by Gasteiger charge is 2.28. The number of rotatable bonds is 5. The predicted molar refractivity (Wildman–Crippen MR) is 123 cm³/mol. The molecule has 31 heavy (non-hydrogen) atoms. The summed E-state index contributed by atoms with van der Waals surface area (Å²) >= 11 is 0. The van der Waals surface area contributed by atoms with E-state index in [-0.39, 0.29) is 17.7 Å². The minimum Gasteiger partial charge on any atom is -0.512 e. The Bertz CT molecular complexity index is 962. The summed E-state index contributed by atoms with van der Waals surface area (Å²) in [6, 6.07) is 8.23. The first-order valence-electron chi connectivity index (χ1n) is 11.1. The maximum absolute atomic E-state index is 11.9. The molecule has 0 radical (unpaired) electrons. The van der Waals surface area contributed by atoms with Crippen molar-refractivity contribution in [2.75, 3.05) is 36.4 Å². The second-order valence-corrected chi connectivity index (χ2v) is 8.55. The number of carbonyl (C=O) groups is 1. The van der Waals surface area contributed by atoms with Gasteiger partial charge in [-0.1, -0.05) is 20.8 Å². The largest absolute Gasteiger partial charge is 0.512 e. The van der Waals surface area contributed by atoms with E-state index in [1.807, 2.05) is 36.2 Å². The molecule has 0 saturated carbocycles. The second kappa shape index (κ2) is 8.96. The minimum atomic E-state index is -0.0899. The lowest BCUT2D eigenvalue weighted by atomic mass is 9.84. The summed E-state index contributed by atoms with van der Waals surface area (Å²) in [5, 5.41) is 13.6. The molecule has 2 aromatic rings. The molecule has 1 saturated heterocycles. The SMILES string of the molecule is CCC(=O)N1CCN(c2ccc(Nc3ncc4c(n3)C(C(C)C)C(O)=CC4)cc2)CC1. The van der Waals surface area contributed by atoms with Gasteiger partial charge < -0.3 is 20.2 Å².